The van der Waals surface area contributed by atoms with Crippen molar-refractivity contribution in [1.29, 1.82) is 0 Å². The van der Waals surface area contributed by atoms with Crippen molar-refractivity contribution in [2.24, 2.45) is 16.2 Å². The minimum Gasteiger partial charge on any atom is -0.277 e. The van der Waals surface area contributed by atoms with Crippen molar-refractivity contribution in [1.82, 2.24) is 5.48 Å². The van der Waals surface area contributed by atoms with Crippen molar-refractivity contribution in [3.05, 3.63) is 0 Å². The van der Waals surface area contributed by atoms with Gasteiger partial charge in [0.15, 0.2) is 0 Å². The van der Waals surface area contributed by atoms with E-state index in [1.54, 1.807) is 0 Å². The van der Waals surface area contributed by atoms with Crippen LogP contribution in [-0.2, 0) is 9.63 Å². The molecule has 1 aliphatic rings. The van der Waals surface area contributed by atoms with Crippen molar-refractivity contribution in [2.45, 2.75) is 34.6 Å². The van der Waals surface area contributed by atoms with Gasteiger partial charge >= 0.3 is 0 Å². The summed E-state index contributed by atoms with van der Waals surface area (Å²) in [7, 11) is 1.46. The highest BCUT2D eigenvalue weighted by Gasteiger charge is 2.78. The Balaban J connectivity index is 2.88. The molecule has 0 aliphatic heterocycles. The number of rotatable bonds is 2. The molecule has 1 saturated carbocycles. The first-order valence-electron chi connectivity index (χ1n) is 4.57. The van der Waals surface area contributed by atoms with Crippen LogP contribution in [0.25, 0.3) is 0 Å². The number of carbonyl (C=O) groups excluding carboxylic acids is 1. The largest absolute Gasteiger partial charge is 0.277 e. The normalized spacial score (nSPS) is 26.6. The molecule has 1 N–H and O–H groups in total. The zero-order chi connectivity index (χ0) is 10.5. The number of amides is 1. The summed E-state index contributed by atoms with van der Waals surface area (Å²) in [5.41, 5.74) is 2.16. The second kappa shape index (κ2) is 2.47. The van der Waals surface area contributed by atoms with Crippen LogP contribution in [0.2, 0.25) is 0 Å². The molecular formula is C10H19NO2. The molecular weight excluding hydrogens is 166 g/mol. The van der Waals surface area contributed by atoms with Crippen LogP contribution in [-0.4, -0.2) is 13.0 Å². The Labute approximate surface area is 79.8 Å². The lowest BCUT2D eigenvalue weighted by Gasteiger charge is -2.13. The summed E-state index contributed by atoms with van der Waals surface area (Å²) in [4.78, 5) is 16.4. The number of hydrogen-bond acceptors (Lipinski definition) is 2. The van der Waals surface area contributed by atoms with Gasteiger partial charge in [0.1, 0.15) is 0 Å². The molecule has 76 valence electrons. The molecule has 0 spiro atoms. The van der Waals surface area contributed by atoms with Crippen LogP contribution in [0.3, 0.4) is 0 Å². The lowest BCUT2D eigenvalue weighted by Crippen LogP contribution is -2.33. The van der Waals surface area contributed by atoms with E-state index >= 15 is 0 Å². The summed E-state index contributed by atoms with van der Waals surface area (Å²) < 4.78 is 0. The zero-order valence-corrected chi connectivity index (χ0v) is 9.32. The number of hydrogen-bond donors (Lipinski definition) is 1. The van der Waals surface area contributed by atoms with E-state index in [4.69, 9.17) is 0 Å². The number of nitrogens with one attached hydrogen (secondary N) is 1. The first-order chi connectivity index (χ1) is 5.73. The Morgan fingerprint density at radius 2 is 1.46 bits per heavy atom. The van der Waals surface area contributed by atoms with Crippen LogP contribution in [0.1, 0.15) is 34.6 Å². The van der Waals surface area contributed by atoms with E-state index in [2.05, 4.69) is 38.0 Å². The Bertz CT molecular complexity index is 229. The van der Waals surface area contributed by atoms with E-state index < -0.39 is 0 Å². The molecule has 0 atom stereocenters. The van der Waals surface area contributed by atoms with Crippen molar-refractivity contribution in [3.63, 3.8) is 0 Å². The maximum atomic E-state index is 11.7. The molecule has 0 aromatic heterocycles. The monoisotopic (exact) mass is 185 g/mol. The molecule has 0 radical (unpaired) electrons. The summed E-state index contributed by atoms with van der Waals surface area (Å²) in [5.74, 6) is -0.0231. The summed E-state index contributed by atoms with van der Waals surface area (Å²) in [5, 5.41) is 0. The van der Waals surface area contributed by atoms with Crippen LogP contribution < -0.4 is 5.48 Å². The first-order valence-corrected chi connectivity index (χ1v) is 4.57. The summed E-state index contributed by atoms with van der Waals surface area (Å²) in [6, 6.07) is 0. The van der Waals surface area contributed by atoms with Crippen molar-refractivity contribution in [3.8, 4) is 0 Å². The second-order valence-electron chi connectivity index (χ2n) is 5.01. The smallest absolute Gasteiger partial charge is 0.250 e. The van der Waals surface area contributed by atoms with Gasteiger partial charge in [-0.15, -0.1) is 0 Å². The molecule has 3 heteroatoms. The lowest BCUT2D eigenvalue weighted by atomic mass is 9.97. The highest BCUT2D eigenvalue weighted by Crippen LogP contribution is 2.77. The number of carbonyl (C=O) groups is 1. The molecule has 1 fully saturated rings. The van der Waals surface area contributed by atoms with Gasteiger partial charge in [-0.3, -0.25) is 9.63 Å². The average molecular weight is 185 g/mol. The molecule has 1 aliphatic carbocycles. The number of hydroxylamine groups is 1. The van der Waals surface area contributed by atoms with Gasteiger partial charge in [-0.05, 0) is 17.8 Å². The van der Waals surface area contributed by atoms with E-state index in [9.17, 15) is 4.79 Å². The van der Waals surface area contributed by atoms with E-state index in [0.717, 1.165) is 0 Å². The Hall–Kier alpha value is -0.570. The predicted octanol–water partition coefficient (Wildman–Crippen LogP) is 1.74. The van der Waals surface area contributed by atoms with E-state index in [-0.39, 0.29) is 22.2 Å². The van der Waals surface area contributed by atoms with E-state index in [1.165, 1.54) is 7.11 Å². The summed E-state index contributed by atoms with van der Waals surface area (Å²) >= 11 is 0. The van der Waals surface area contributed by atoms with Gasteiger partial charge in [0.05, 0.1) is 12.5 Å². The van der Waals surface area contributed by atoms with Crippen LogP contribution >= 0.6 is 0 Å². The van der Waals surface area contributed by atoms with Crippen LogP contribution in [0.4, 0.5) is 0 Å². The molecule has 13 heavy (non-hydrogen) atoms. The fourth-order valence-electron chi connectivity index (χ4n) is 2.36. The van der Waals surface area contributed by atoms with Crippen LogP contribution in [0.15, 0.2) is 0 Å². The van der Waals surface area contributed by atoms with Crippen molar-refractivity contribution in [2.75, 3.05) is 7.11 Å². The molecule has 0 heterocycles. The standard InChI is InChI=1S/C10H19NO2/c1-8(2)9(3,4)10(8,5)7(12)11-13-6/h1-6H3,(H,11,12). The Kier molecular flexibility index (Phi) is 2.00. The topological polar surface area (TPSA) is 38.3 Å². The predicted molar refractivity (Wildman–Crippen MR) is 50.8 cm³/mol. The molecule has 0 unspecified atom stereocenters. The molecule has 1 rings (SSSR count). The van der Waals surface area contributed by atoms with Gasteiger partial charge in [0.2, 0.25) is 0 Å². The minimum absolute atomic E-state index is 0.0231. The Morgan fingerprint density at radius 1 is 1.08 bits per heavy atom. The maximum absolute atomic E-state index is 11.7. The quantitative estimate of drug-likeness (QED) is 0.665. The fourth-order valence-corrected chi connectivity index (χ4v) is 2.36. The van der Waals surface area contributed by atoms with Gasteiger partial charge in [-0.1, -0.05) is 27.7 Å². The van der Waals surface area contributed by atoms with Crippen LogP contribution in [0.5, 0.6) is 0 Å². The van der Waals surface area contributed by atoms with Gasteiger partial charge in [-0.2, -0.15) is 0 Å². The average Bonchev–Trinajstić information content (AvgIpc) is 2.31. The molecule has 0 bridgehead atoms. The van der Waals surface area contributed by atoms with Crippen LogP contribution in [0, 0.1) is 16.2 Å². The third-order valence-corrected chi connectivity index (χ3v) is 4.65. The SMILES string of the molecule is CONC(=O)C1(C)C(C)(C)C1(C)C. The molecule has 1 amide bonds. The third-order valence-electron chi connectivity index (χ3n) is 4.65. The summed E-state index contributed by atoms with van der Waals surface area (Å²) in [6.07, 6.45) is 0. The first kappa shape index (κ1) is 10.5. The van der Waals surface area contributed by atoms with Gasteiger partial charge < -0.3 is 0 Å². The third kappa shape index (κ3) is 0.909. The summed E-state index contributed by atoms with van der Waals surface area (Å²) in [6.45, 7) is 10.4. The highest BCUT2D eigenvalue weighted by molar-refractivity contribution is 5.87. The van der Waals surface area contributed by atoms with E-state index in [0.29, 0.717) is 0 Å². The molecule has 3 nitrogen and oxygen atoms in total. The highest BCUT2D eigenvalue weighted by atomic mass is 16.6. The van der Waals surface area contributed by atoms with Crippen molar-refractivity contribution >= 4 is 5.91 Å². The Morgan fingerprint density at radius 3 is 1.69 bits per heavy atom. The maximum Gasteiger partial charge on any atom is 0.250 e. The molecule has 0 aromatic rings. The molecule has 0 aromatic carbocycles. The van der Waals surface area contributed by atoms with Gasteiger partial charge in [0.25, 0.3) is 5.91 Å². The lowest BCUT2D eigenvalue weighted by molar-refractivity contribution is -0.138. The fraction of sp³-hybridized carbons (Fsp3) is 0.900. The second-order valence-corrected chi connectivity index (χ2v) is 5.01. The van der Waals surface area contributed by atoms with E-state index in [1.807, 2.05) is 6.92 Å². The van der Waals surface area contributed by atoms with Crippen molar-refractivity contribution < 1.29 is 9.63 Å². The zero-order valence-electron chi connectivity index (χ0n) is 9.32. The minimum atomic E-state index is -0.323. The van der Waals surface area contributed by atoms with Gasteiger partial charge in [-0.25, -0.2) is 5.48 Å². The molecule has 0 saturated heterocycles. The van der Waals surface area contributed by atoms with Gasteiger partial charge in [0, 0.05) is 0 Å².